The summed E-state index contributed by atoms with van der Waals surface area (Å²) < 4.78 is 18.3. The predicted molar refractivity (Wildman–Crippen MR) is 109 cm³/mol. The fourth-order valence-corrected chi connectivity index (χ4v) is 3.28. The molecule has 0 saturated carbocycles. The summed E-state index contributed by atoms with van der Waals surface area (Å²) in [6.45, 7) is 2.60. The summed E-state index contributed by atoms with van der Waals surface area (Å²) in [6, 6.07) is 15.8. The molecule has 1 aliphatic heterocycles. The maximum absolute atomic E-state index is 12.1. The Morgan fingerprint density at radius 2 is 2.00 bits per heavy atom. The Hall–Kier alpha value is -2.41. The molecule has 1 aliphatic rings. The van der Waals surface area contributed by atoms with Crippen molar-refractivity contribution in [3.63, 3.8) is 0 Å². The molecule has 2 unspecified atom stereocenters. The number of carbonyl (C=O) groups excluding carboxylic acids is 2. The van der Waals surface area contributed by atoms with Gasteiger partial charge in [0.2, 0.25) is 5.91 Å². The first-order valence-corrected chi connectivity index (χ1v) is 9.87. The molecular formula is C21H24BrFN2O3. The predicted octanol–water partition coefficient (Wildman–Crippen LogP) is 4.81. The van der Waals surface area contributed by atoms with Gasteiger partial charge in [-0.15, -0.1) is 0 Å². The van der Waals surface area contributed by atoms with E-state index in [1.165, 1.54) is 12.1 Å². The normalized spacial score (nSPS) is 17.2. The number of nitrogens with zero attached hydrogens (tertiary/aromatic N) is 1. The van der Waals surface area contributed by atoms with Gasteiger partial charge in [0.15, 0.2) is 0 Å². The lowest BCUT2D eigenvalue weighted by atomic mass is 10.0. The first-order chi connectivity index (χ1) is 13.4. The summed E-state index contributed by atoms with van der Waals surface area (Å²) in [6.07, 6.45) is 0.926. The molecule has 1 saturated heterocycles. The molecule has 0 aliphatic carbocycles. The maximum Gasteiger partial charge on any atom is 0.410 e. The first-order valence-electron chi connectivity index (χ1n) is 9.08. The molecule has 2 atom stereocenters. The van der Waals surface area contributed by atoms with Crippen LogP contribution in [0.25, 0.3) is 0 Å². The third-order valence-electron chi connectivity index (χ3n) is 4.44. The van der Waals surface area contributed by atoms with Crippen molar-refractivity contribution in [2.24, 2.45) is 5.73 Å². The average molecular weight is 451 g/mol. The number of primary amides is 1. The third-order valence-corrected chi connectivity index (χ3v) is 4.93. The Kier molecular flexibility index (Phi) is 8.44. The fourth-order valence-electron chi connectivity index (χ4n) is 2.86. The zero-order chi connectivity index (χ0) is 20.5. The first kappa shape index (κ1) is 21.9. The zero-order valence-electron chi connectivity index (χ0n) is 15.7. The van der Waals surface area contributed by atoms with Gasteiger partial charge in [0.1, 0.15) is 11.9 Å². The highest BCUT2D eigenvalue weighted by Crippen LogP contribution is 2.27. The van der Waals surface area contributed by atoms with Gasteiger partial charge in [-0.05, 0) is 43.2 Å². The summed E-state index contributed by atoms with van der Waals surface area (Å²) in [4.78, 5) is 24.6. The summed E-state index contributed by atoms with van der Waals surface area (Å²) in [5, 5.41) is 0. The molecule has 2 N–H and O–H groups in total. The minimum Gasteiger partial charge on any atom is -0.446 e. The van der Waals surface area contributed by atoms with Crippen LogP contribution < -0.4 is 5.73 Å². The highest BCUT2D eigenvalue weighted by atomic mass is 79.9. The van der Waals surface area contributed by atoms with Crippen LogP contribution in [0.3, 0.4) is 0 Å². The van der Waals surface area contributed by atoms with E-state index in [1.807, 2.05) is 31.2 Å². The lowest BCUT2D eigenvalue weighted by Crippen LogP contribution is -2.43. The fraction of sp³-hybridized carbons (Fsp3) is 0.333. The number of hydrogen-bond acceptors (Lipinski definition) is 3. The summed E-state index contributed by atoms with van der Waals surface area (Å²) >= 11 is 3.43. The molecule has 0 radical (unpaired) electrons. The van der Waals surface area contributed by atoms with E-state index in [2.05, 4.69) is 15.9 Å². The van der Waals surface area contributed by atoms with Crippen LogP contribution in [0.5, 0.6) is 0 Å². The Morgan fingerprint density at radius 3 is 2.54 bits per heavy atom. The minimum atomic E-state index is -0.365. The van der Waals surface area contributed by atoms with Crippen LogP contribution in [0.2, 0.25) is 0 Å². The van der Waals surface area contributed by atoms with Gasteiger partial charge >= 0.3 is 6.09 Å². The molecule has 1 heterocycles. The monoisotopic (exact) mass is 450 g/mol. The quantitative estimate of drug-likeness (QED) is 0.709. The molecule has 2 amide bonds. The Morgan fingerprint density at radius 1 is 1.29 bits per heavy atom. The average Bonchev–Trinajstić information content (AvgIpc) is 2.67. The second-order valence-corrected chi connectivity index (χ2v) is 7.44. The van der Waals surface area contributed by atoms with Crippen molar-refractivity contribution in [1.29, 1.82) is 0 Å². The molecule has 0 aromatic heterocycles. The van der Waals surface area contributed by atoms with Gasteiger partial charge in [0, 0.05) is 23.9 Å². The second-order valence-electron chi connectivity index (χ2n) is 6.52. The summed E-state index contributed by atoms with van der Waals surface area (Å²) in [5.74, 6) is -0.543. The van der Waals surface area contributed by atoms with Crippen molar-refractivity contribution in [2.75, 3.05) is 6.54 Å². The molecule has 0 spiro atoms. The number of benzene rings is 2. The van der Waals surface area contributed by atoms with E-state index >= 15 is 0 Å². The number of ether oxygens (including phenoxy) is 1. The van der Waals surface area contributed by atoms with Crippen LogP contribution in [-0.4, -0.2) is 29.5 Å². The third kappa shape index (κ3) is 6.96. The van der Waals surface area contributed by atoms with Crippen molar-refractivity contribution in [2.45, 2.75) is 38.3 Å². The molecule has 2 aromatic rings. The van der Waals surface area contributed by atoms with Crippen LogP contribution >= 0.6 is 15.9 Å². The molecular weight excluding hydrogens is 427 g/mol. The second kappa shape index (κ2) is 10.8. The van der Waals surface area contributed by atoms with Gasteiger partial charge in [-0.25, -0.2) is 9.18 Å². The summed E-state index contributed by atoms with van der Waals surface area (Å²) in [7, 11) is 0. The number of halogens is 2. The van der Waals surface area contributed by atoms with E-state index in [4.69, 9.17) is 10.5 Å². The highest BCUT2D eigenvalue weighted by Gasteiger charge is 2.30. The van der Waals surface area contributed by atoms with Gasteiger partial charge in [-0.2, -0.15) is 0 Å². The van der Waals surface area contributed by atoms with Crippen LogP contribution in [0.1, 0.15) is 37.8 Å². The van der Waals surface area contributed by atoms with Crippen molar-refractivity contribution >= 4 is 27.9 Å². The van der Waals surface area contributed by atoms with E-state index in [9.17, 15) is 14.0 Å². The lowest BCUT2D eigenvalue weighted by molar-refractivity contribution is -0.118. The molecule has 7 heteroatoms. The minimum absolute atomic E-state index is 0.0490. The highest BCUT2D eigenvalue weighted by molar-refractivity contribution is 9.10. The topological polar surface area (TPSA) is 72.6 Å². The van der Waals surface area contributed by atoms with Crippen LogP contribution in [0.4, 0.5) is 9.18 Å². The molecule has 2 aromatic carbocycles. The number of nitrogens with two attached hydrogens (primary N) is 1. The van der Waals surface area contributed by atoms with Gasteiger partial charge in [0.25, 0.3) is 0 Å². The molecule has 3 rings (SSSR count). The Labute approximate surface area is 172 Å². The van der Waals surface area contributed by atoms with Crippen molar-refractivity contribution < 1.29 is 18.7 Å². The molecule has 0 bridgehead atoms. The Bertz CT molecular complexity index is 788. The van der Waals surface area contributed by atoms with Crippen LogP contribution in [0.15, 0.2) is 59.1 Å². The van der Waals surface area contributed by atoms with Crippen molar-refractivity contribution in [1.82, 2.24) is 4.90 Å². The van der Waals surface area contributed by atoms with E-state index in [0.717, 1.165) is 16.5 Å². The standard InChI is InChI=1S/C15H19BrN2O3.C6H5F/c1-10(11-3-2-4-12(16)9-11)18-8-7-13(21-15(18)20)5-6-14(17)19;7-6-4-2-1-3-5-6/h2-4,9-10,13H,5-8H2,1H3,(H2,17,19);1-5H. The zero-order valence-corrected chi connectivity index (χ0v) is 17.3. The SMILES string of the molecule is CC(c1cccc(Br)c1)N1CCC(CCC(N)=O)OC1=O.Fc1ccccc1. The van der Waals surface area contributed by atoms with Gasteiger partial charge in [0.05, 0.1) is 6.04 Å². The van der Waals surface area contributed by atoms with Gasteiger partial charge in [-0.1, -0.05) is 46.3 Å². The van der Waals surface area contributed by atoms with E-state index in [1.54, 1.807) is 23.1 Å². The maximum atomic E-state index is 12.1. The molecule has 1 fully saturated rings. The largest absolute Gasteiger partial charge is 0.446 e. The van der Waals surface area contributed by atoms with Crippen molar-refractivity contribution in [3.8, 4) is 0 Å². The smallest absolute Gasteiger partial charge is 0.410 e. The molecule has 28 heavy (non-hydrogen) atoms. The van der Waals surface area contributed by atoms with Crippen molar-refractivity contribution in [3.05, 3.63) is 70.5 Å². The van der Waals surface area contributed by atoms with E-state index in [0.29, 0.717) is 13.0 Å². The lowest BCUT2D eigenvalue weighted by Gasteiger charge is -2.35. The van der Waals surface area contributed by atoms with Crippen LogP contribution in [-0.2, 0) is 9.53 Å². The molecule has 5 nitrogen and oxygen atoms in total. The number of carbonyl (C=O) groups is 2. The van der Waals surface area contributed by atoms with Crippen LogP contribution in [0, 0.1) is 5.82 Å². The van der Waals surface area contributed by atoms with E-state index in [-0.39, 0.29) is 36.4 Å². The summed E-state index contributed by atoms with van der Waals surface area (Å²) in [5.41, 5.74) is 6.17. The van der Waals surface area contributed by atoms with Gasteiger partial charge < -0.3 is 15.4 Å². The number of amides is 2. The van der Waals surface area contributed by atoms with Gasteiger partial charge in [-0.3, -0.25) is 4.79 Å². The number of hydrogen-bond donors (Lipinski definition) is 1. The number of rotatable bonds is 5. The van der Waals surface area contributed by atoms with E-state index < -0.39 is 0 Å². The molecule has 150 valence electrons. The Balaban J connectivity index is 0.000000336. The number of cyclic esters (lactones) is 1.